The second-order valence-electron chi connectivity index (χ2n) is 5.58. The number of nitrogens with one attached hydrogen (secondary N) is 1. The van der Waals surface area contributed by atoms with Gasteiger partial charge in [-0.05, 0) is 40.8 Å². The first-order valence-corrected chi connectivity index (χ1v) is 7.57. The highest BCUT2D eigenvalue weighted by Gasteiger charge is 2.28. The number of carboxylic acids is 1. The van der Waals surface area contributed by atoms with Crippen LogP contribution in [0.3, 0.4) is 0 Å². The summed E-state index contributed by atoms with van der Waals surface area (Å²) in [7, 11) is 0. The van der Waals surface area contributed by atoms with Crippen LogP contribution in [0.2, 0.25) is 0 Å². The maximum atomic E-state index is 12.2. The summed E-state index contributed by atoms with van der Waals surface area (Å²) >= 11 is 3.38. The van der Waals surface area contributed by atoms with E-state index in [-0.39, 0.29) is 18.4 Å². The van der Waals surface area contributed by atoms with Crippen molar-refractivity contribution in [1.29, 1.82) is 0 Å². The lowest BCUT2D eigenvalue weighted by molar-refractivity contribution is -0.142. The second-order valence-corrected chi connectivity index (χ2v) is 6.50. The number of halogens is 1. The molecular weight excluding hydrogens is 324 g/mol. The van der Waals surface area contributed by atoms with E-state index in [4.69, 9.17) is 5.11 Å². The molecular formula is C14H19BrN2O3. The Kier molecular flexibility index (Phi) is 4.52. The first kappa shape index (κ1) is 15.1. The molecule has 110 valence electrons. The van der Waals surface area contributed by atoms with Crippen LogP contribution in [0.25, 0.3) is 0 Å². The van der Waals surface area contributed by atoms with Gasteiger partial charge in [0.2, 0.25) is 0 Å². The van der Waals surface area contributed by atoms with E-state index >= 15 is 0 Å². The van der Waals surface area contributed by atoms with E-state index in [9.17, 15) is 9.59 Å². The summed E-state index contributed by atoms with van der Waals surface area (Å²) in [5.41, 5.74) is 0.590. The van der Waals surface area contributed by atoms with Gasteiger partial charge in [-0.1, -0.05) is 13.8 Å². The molecule has 0 radical (unpaired) electrons. The predicted molar refractivity (Wildman–Crippen MR) is 78.7 cm³/mol. The van der Waals surface area contributed by atoms with Gasteiger partial charge in [0.1, 0.15) is 5.69 Å². The molecule has 0 bridgehead atoms. The normalized spacial score (nSPS) is 16.2. The van der Waals surface area contributed by atoms with Gasteiger partial charge in [0.15, 0.2) is 0 Å². The van der Waals surface area contributed by atoms with E-state index in [0.29, 0.717) is 11.7 Å². The maximum absolute atomic E-state index is 12.2. The minimum Gasteiger partial charge on any atom is -0.481 e. The first-order chi connectivity index (χ1) is 9.40. The average Bonchev–Trinajstić information content (AvgIpc) is 3.11. The predicted octanol–water partition coefficient (Wildman–Crippen LogP) is 2.67. The van der Waals surface area contributed by atoms with Crippen LogP contribution in [0.5, 0.6) is 0 Å². The van der Waals surface area contributed by atoms with Crippen LogP contribution in [0.4, 0.5) is 0 Å². The third kappa shape index (κ3) is 3.42. The van der Waals surface area contributed by atoms with Crippen LogP contribution in [0.15, 0.2) is 16.7 Å². The molecule has 0 saturated heterocycles. The molecule has 0 aromatic carbocycles. The number of hydrogen-bond acceptors (Lipinski definition) is 2. The van der Waals surface area contributed by atoms with E-state index < -0.39 is 11.9 Å². The number of amides is 1. The highest BCUT2D eigenvalue weighted by atomic mass is 79.9. The van der Waals surface area contributed by atoms with Crippen molar-refractivity contribution in [2.24, 2.45) is 11.8 Å². The lowest BCUT2D eigenvalue weighted by Crippen LogP contribution is -2.36. The smallest absolute Gasteiger partial charge is 0.308 e. The monoisotopic (exact) mass is 342 g/mol. The van der Waals surface area contributed by atoms with Gasteiger partial charge in [-0.3, -0.25) is 9.59 Å². The minimum atomic E-state index is -0.876. The van der Waals surface area contributed by atoms with Crippen LogP contribution >= 0.6 is 15.9 Å². The van der Waals surface area contributed by atoms with Crippen molar-refractivity contribution in [3.05, 3.63) is 22.4 Å². The number of aromatic nitrogens is 1. The Hall–Kier alpha value is -1.30. The Labute approximate surface area is 126 Å². The lowest BCUT2D eigenvalue weighted by Gasteiger charge is -2.17. The summed E-state index contributed by atoms with van der Waals surface area (Å²) < 4.78 is 2.83. The van der Waals surface area contributed by atoms with Crippen molar-refractivity contribution < 1.29 is 14.7 Å². The van der Waals surface area contributed by atoms with Crippen LogP contribution in [0.1, 0.15) is 43.2 Å². The summed E-state index contributed by atoms with van der Waals surface area (Å²) in [5, 5.41) is 11.9. The molecule has 1 fully saturated rings. The van der Waals surface area contributed by atoms with Crippen LogP contribution < -0.4 is 5.32 Å². The summed E-state index contributed by atoms with van der Waals surface area (Å²) in [6.07, 6.45) is 4.08. The highest BCUT2D eigenvalue weighted by Crippen LogP contribution is 2.37. The van der Waals surface area contributed by atoms with Crippen molar-refractivity contribution >= 4 is 27.8 Å². The molecule has 20 heavy (non-hydrogen) atoms. The van der Waals surface area contributed by atoms with Crippen molar-refractivity contribution in [2.75, 3.05) is 6.54 Å². The van der Waals surface area contributed by atoms with Gasteiger partial charge in [-0.15, -0.1) is 0 Å². The minimum absolute atomic E-state index is 0.0187. The van der Waals surface area contributed by atoms with Gasteiger partial charge >= 0.3 is 5.97 Å². The standard InChI is InChI=1S/C14H19BrN2O3/c1-8(2)11(14(19)20)6-16-13(18)12-5-9(15)7-17(12)10-3-4-10/h5,7-8,10-11H,3-4,6H2,1-2H3,(H,16,18)(H,19,20). The lowest BCUT2D eigenvalue weighted by atomic mass is 9.96. The van der Waals surface area contributed by atoms with Crippen molar-refractivity contribution in [3.63, 3.8) is 0 Å². The Balaban J connectivity index is 2.03. The van der Waals surface area contributed by atoms with E-state index in [2.05, 4.69) is 21.2 Å². The summed E-state index contributed by atoms with van der Waals surface area (Å²) in [6.45, 7) is 3.84. The zero-order valence-corrected chi connectivity index (χ0v) is 13.2. The van der Waals surface area contributed by atoms with Crippen molar-refractivity contribution in [3.8, 4) is 0 Å². The Morgan fingerprint density at radius 3 is 2.65 bits per heavy atom. The maximum Gasteiger partial charge on any atom is 0.308 e. The van der Waals surface area contributed by atoms with Crippen molar-refractivity contribution in [1.82, 2.24) is 9.88 Å². The van der Waals surface area contributed by atoms with E-state index in [1.807, 2.05) is 24.6 Å². The molecule has 2 N–H and O–H groups in total. The molecule has 1 saturated carbocycles. The van der Waals surface area contributed by atoms with E-state index in [1.54, 1.807) is 6.07 Å². The highest BCUT2D eigenvalue weighted by molar-refractivity contribution is 9.10. The van der Waals surface area contributed by atoms with Crippen molar-refractivity contribution in [2.45, 2.75) is 32.7 Å². The molecule has 1 aromatic heterocycles. The Morgan fingerprint density at radius 1 is 1.50 bits per heavy atom. The number of nitrogens with zero attached hydrogens (tertiary/aromatic N) is 1. The molecule has 1 unspecified atom stereocenters. The summed E-state index contributed by atoms with van der Waals surface area (Å²) in [4.78, 5) is 23.3. The third-order valence-corrected chi connectivity index (χ3v) is 4.03. The molecule has 1 atom stereocenters. The van der Waals surface area contributed by atoms with Gasteiger partial charge < -0.3 is 15.0 Å². The van der Waals surface area contributed by atoms with Gasteiger partial charge in [0.25, 0.3) is 5.91 Å². The molecule has 0 aliphatic heterocycles. The molecule has 6 heteroatoms. The molecule has 1 aliphatic rings. The molecule has 1 amide bonds. The molecule has 5 nitrogen and oxygen atoms in total. The topological polar surface area (TPSA) is 71.3 Å². The van der Waals surface area contributed by atoms with Crippen LogP contribution in [-0.4, -0.2) is 28.1 Å². The number of aliphatic carboxylic acids is 1. The largest absolute Gasteiger partial charge is 0.481 e. The van der Waals surface area contributed by atoms with Crippen LogP contribution in [-0.2, 0) is 4.79 Å². The fourth-order valence-corrected chi connectivity index (χ4v) is 2.62. The van der Waals surface area contributed by atoms with Gasteiger partial charge in [-0.25, -0.2) is 0 Å². The summed E-state index contributed by atoms with van der Waals surface area (Å²) in [6, 6.07) is 2.18. The fraction of sp³-hybridized carbons (Fsp3) is 0.571. The molecule has 1 aliphatic carbocycles. The van der Waals surface area contributed by atoms with Gasteiger partial charge in [0.05, 0.1) is 5.92 Å². The van der Waals surface area contributed by atoms with E-state index in [0.717, 1.165) is 17.3 Å². The average molecular weight is 343 g/mol. The number of hydrogen-bond donors (Lipinski definition) is 2. The molecule has 1 heterocycles. The molecule has 0 spiro atoms. The number of carboxylic acid groups (broad SMARTS) is 1. The SMILES string of the molecule is CC(C)C(CNC(=O)c1cc(Br)cn1C1CC1)C(=O)O. The Morgan fingerprint density at radius 2 is 2.15 bits per heavy atom. The third-order valence-electron chi connectivity index (χ3n) is 3.59. The van der Waals surface area contributed by atoms with Crippen LogP contribution in [0, 0.1) is 11.8 Å². The number of rotatable bonds is 6. The first-order valence-electron chi connectivity index (χ1n) is 6.78. The van der Waals surface area contributed by atoms with E-state index in [1.165, 1.54) is 0 Å². The molecule has 1 aromatic rings. The second kappa shape index (κ2) is 5.99. The zero-order chi connectivity index (χ0) is 14.9. The Bertz CT molecular complexity index is 520. The molecule has 2 rings (SSSR count). The summed E-state index contributed by atoms with van der Waals surface area (Å²) in [5.74, 6) is -1.67. The number of carbonyl (C=O) groups is 2. The zero-order valence-electron chi connectivity index (χ0n) is 11.6. The quantitative estimate of drug-likeness (QED) is 0.834. The van der Waals surface area contributed by atoms with Gasteiger partial charge in [-0.2, -0.15) is 0 Å². The number of carbonyl (C=O) groups excluding carboxylic acids is 1. The fourth-order valence-electron chi connectivity index (χ4n) is 2.18. The van der Waals surface area contributed by atoms with Gasteiger partial charge in [0, 0.05) is 23.3 Å².